The monoisotopic (exact) mass is 188 g/mol. The zero-order chi connectivity index (χ0) is 8.67. The highest BCUT2D eigenvalue weighted by atomic mass is 32.2. The predicted octanol–water partition coefficient (Wildman–Crippen LogP) is 2.43. The lowest BCUT2D eigenvalue weighted by atomic mass is 10.1. The van der Waals surface area contributed by atoms with Gasteiger partial charge >= 0.3 is 0 Å². The molecule has 0 aliphatic carbocycles. The third kappa shape index (κ3) is 1.00. The Hall–Kier alpha value is -1.22. The van der Waals surface area contributed by atoms with Gasteiger partial charge in [-0.1, -0.05) is 30.0 Å². The third-order valence-electron chi connectivity index (χ3n) is 2.22. The second-order valence-corrected chi connectivity index (χ2v) is 3.96. The number of nitrogens with zero attached hydrogens (tertiary/aromatic N) is 2. The smallest absolute Gasteiger partial charge is 0.176 e. The molecule has 0 saturated carbocycles. The first-order valence-corrected chi connectivity index (χ1v) is 5.12. The van der Waals surface area contributed by atoms with Gasteiger partial charge in [-0.15, -0.1) is 0 Å². The highest BCUT2D eigenvalue weighted by molar-refractivity contribution is 8.03. The van der Waals surface area contributed by atoms with Crippen LogP contribution in [0.3, 0.4) is 0 Å². The molecule has 13 heavy (non-hydrogen) atoms. The first-order chi connectivity index (χ1) is 6.45. The minimum absolute atomic E-state index is 0.231. The van der Waals surface area contributed by atoms with E-state index < -0.39 is 0 Å². The standard InChI is InChI=1S/C10H8N2S/c1-2-4-9-8(3-1)7-11-10-12(9)5-6-13-10/h1-7,10H. The zero-order valence-corrected chi connectivity index (χ0v) is 7.74. The van der Waals surface area contributed by atoms with Gasteiger partial charge in [0.1, 0.15) is 0 Å². The van der Waals surface area contributed by atoms with E-state index in [1.54, 1.807) is 11.8 Å². The molecular weight excluding hydrogens is 180 g/mol. The van der Waals surface area contributed by atoms with Gasteiger partial charge in [-0.3, -0.25) is 4.99 Å². The molecule has 0 amide bonds. The first kappa shape index (κ1) is 7.21. The third-order valence-corrected chi connectivity index (χ3v) is 3.09. The molecule has 0 aromatic heterocycles. The van der Waals surface area contributed by atoms with Gasteiger partial charge in [-0.25, -0.2) is 0 Å². The Bertz CT molecular complexity index is 398. The van der Waals surface area contributed by atoms with Gasteiger partial charge in [0.2, 0.25) is 0 Å². The lowest BCUT2D eigenvalue weighted by Crippen LogP contribution is -2.26. The summed E-state index contributed by atoms with van der Waals surface area (Å²) in [7, 11) is 0. The molecule has 2 heterocycles. The molecule has 3 heteroatoms. The lowest BCUT2D eigenvalue weighted by Gasteiger charge is -2.26. The number of thioether (sulfide) groups is 1. The summed E-state index contributed by atoms with van der Waals surface area (Å²) in [5.41, 5.74) is 2.68. The summed E-state index contributed by atoms with van der Waals surface area (Å²) in [6.45, 7) is 0. The van der Waals surface area contributed by atoms with Gasteiger partial charge in [-0.2, -0.15) is 0 Å². The largest absolute Gasteiger partial charge is 0.315 e. The maximum atomic E-state index is 4.43. The minimum atomic E-state index is 0.231. The molecule has 0 spiro atoms. The van der Waals surface area contributed by atoms with Gasteiger partial charge in [0.15, 0.2) is 5.50 Å². The molecule has 1 atom stereocenters. The molecule has 2 nitrogen and oxygen atoms in total. The van der Waals surface area contributed by atoms with Crippen molar-refractivity contribution in [3.8, 4) is 0 Å². The molecular formula is C10H8N2S. The number of rotatable bonds is 0. The van der Waals surface area contributed by atoms with E-state index in [-0.39, 0.29) is 5.50 Å². The van der Waals surface area contributed by atoms with Gasteiger partial charge in [0.25, 0.3) is 0 Å². The average Bonchev–Trinajstić information content (AvgIpc) is 2.65. The number of anilines is 1. The summed E-state index contributed by atoms with van der Waals surface area (Å²) < 4.78 is 0. The summed E-state index contributed by atoms with van der Waals surface area (Å²) in [6, 6.07) is 8.32. The van der Waals surface area contributed by atoms with Crippen LogP contribution in [0.5, 0.6) is 0 Å². The van der Waals surface area contributed by atoms with Crippen LogP contribution in [0.2, 0.25) is 0 Å². The van der Waals surface area contributed by atoms with Crippen molar-refractivity contribution >= 4 is 23.7 Å². The Morgan fingerprint density at radius 1 is 1.31 bits per heavy atom. The number of hydrogen-bond donors (Lipinski definition) is 0. The summed E-state index contributed by atoms with van der Waals surface area (Å²) in [5.74, 6) is 0. The van der Waals surface area contributed by atoms with Gasteiger partial charge in [0.05, 0.1) is 5.69 Å². The molecule has 0 bridgehead atoms. The Balaban J connectivity index is 2.17. The van der Waals surface area contributed by atoms with Crippen LogP contribution in [-0.4, -0.2) is 11.7 Å². The van der Waals surface area contributed by atoms with E-state index in [0.29, 0.717) is 0 Å². The second-order valence-electron chi connectivity index (χ2n) is 2.99. The molecule has 1 unspecified atom stereocenters. The molecule has 64 valence electrons. The van der Waals surface area contributed by atoms with Crippen molar-refractivity contribution in [3.63, 3.8) is 0 Å². The van der Waals surface area contributed by atoms with E-state index in [2.05, 4.69) is 39.7 Å². The minimum Gasteiger partial charge on any atom is -0.315 e. The van der Waals surface area contributed by atoms with Crippen LogP contribution in [0.4, 0.5) is 5.69 Å². The lowest BCUT2D eigenvalue weighted by molar-refractivity contribution is 0.917. The molecule has 0 saturated heterocycles. The summed E-state index contributed by atoms with van der Waals surface area (Å²) in [6.07, 6.45) is 4.04. The number of benzene rings is 1. The SMILES string of the molecule is C1=CN2c3ccccc3C=NC2S1. The fourth-order valence-corrected chi connectivity index (χ4v) is 2.38. The Morgan fingerprint density at radius 2 is 2.23 bits per heavy atom. The molecule has 0 radical (unpaired) electrons. The van der Waals surface area contributed by atoms with Crippen LogP contribution in [0.1, 0.15) is 5.56 Å². The molecule has 1 aromatic rings. The van der Waals surface area contributed by atoms with Gasteiger partial charge in [-0.05, 0) is 11.5 Å². The van der Waals surface area contributed by atoms with Crippen molar-refractivity contribution in [3.05, 3.63) is 41.4 Å². The van der Waals surface area contributed by atoms with Crippen LogP contribution in [0.15, 0.2) is 40.9 Å². The number of aliphatic imine (C=N–C) groups is 1. The Labute approximate surface area is 81.0 Å². The van der Waals surface area contributed by atoms with E-state index >= 15 is 0 Å². The first-order valence-electron chi connectivity index (χ1n) is 4.18. The number of fused-ring (bicyclic) bond motifs is 3. The second kappa shape index (κ2) is 2.64. The fourth-order valence-electron chi connectivity index (χ4n) is 1.59. The van der Waals surface area contributed by atoms with Crippen molar-refractivity contribution < 1.29 is 0 Å². The Kier molecular flexibility index (Phi) is 1.46. The Morgan fingerprint density at radius 3 is 3.23 bits per heavy atom. The van der Waals surface area contributed by atoms with Crippen LogP contribution in [-0.2, 0) is 0 Å². The average molecular weight is 188 g/mol. The fraction of sp³-hybridized carbons (Fsp3) is 0.100. The number of para-hydroxylation sites is 1. The van der Waals surface area contributed by atoms with Crippen molar-refractivity contribution in [1.82, 2.24) is 0 Å². The maximum Gasteiger partial charge on any atom is 0.176 e. The van der Waals surface area contributed by atoms with Crippen LogP contribution < -0.4 is 4.90 Å². The van der Waals surface area contributed by atoms with Gasteiger partial charge < -0.3 is 4.90 Å². The normalized spacial score (nSPS) is 23.1. The topological polar surface area (TPSA) is 15.6 Å². The maximum absolute atomic E-state index is 4.43. The molecule has 1 aromatic carbocycles. The predicted molar refractivity (Wildman–Crippen MR) is 57.0 cm³/mol. The molecule has 0 N–H and O–H groups in total. The summed E-state index contributed by atoms with van der Waals surface area (Å²) >= 11 is 1.74. The van der Waals surface area contributed by atoms with Crippen molar-refractivity contribution in [2.45, 2.75) is 5.50 Å². The van der Waals surface area contributed by atoms with E-state index in [4.69, 9.17) is 0 Å². The molecule has 0 fully saturated rings. The molecule has 2 aliphatic heterocycles. The highest BCUT2D eigenvalue weighted by Crippen LogP contribution is 2.35. The van der Waals surface area contributed by atoms with Crippen LogP contribution >= 0.6 is 11.8 Å². The molecule has 2 aliphatic rings. The van der Waals surface area contributed by atoms with E-state index in [1.807, 2.05) is 12.3 Å². The summed E-state index contributed by atoms with van der Waals surface area (Å²) in [5, 5.41) is 2.09. The number of hydrogen-bond acceptors (Lipinski definition) is 3. The summed E-state index contributed by atoms with van der Waals surface area (Å²) in [4.78, 5) is 6.63. The van der Waals surface area contributed by atoms with Crippen molar-refractivity contribution in [2.24, 2.45) is 4.99 Å². The van der Waals surface area contributed by atoms with E-state index in [1.165, 1.54) is 11.3 Å². The quantitative estimate of drug-likeness (QED) is 0.621. The van der Waals surface area contributed by atoms with E-state index in [0.717, 1.165) is 0 Å². The molecule has 3 rings (SSSR count). The van der Waals surface area contributed by atoms with Crippen LogP contribution in [0.25, 0.3) is 0 Å². The van der Waals surface area contributed by atoms with Crippen molar-refractivity contribution in [1.29, 1.82) is 0 Å². The van der Waals surface area contributed by atoms with E-state index in [9.17, 15) is 0 Å². The highest BCUT2D eigenvalue weighted by Gasteiger charge is 2.24. The van der Waals surface area contributed by atoms with Crippen molar-refractivity contribution in [2.75, 3.05) is 4.90 Å². The van der Waals surface area contributed by atoms with Crippen LogP contribution in [0, 0.1) is 0 Å². The zero-order valence-electron chi connectivity index (χ0n) is 6.92. The van der Waals surface area contributed by atoms with Gasteiger partial charge in [0, 0.05) is 18.0 Å².